The smallest absolute Gasteiger partial charge is 0.225 e. The monoisotopic (exact) mass is 722 g/mol. The molecule has 2 amide bonds. The highest BCUT2D eigenvalue weighted by Gasteiger charge is 2.30. The zero-order valence-electron chi connectivity index (χ0n) is 31.1. The molecule has 2 fully saturated rings. The van der Waals surface area contributed by atoms with E-state index in [1.807, 2.05) is 107 Å². The van der Waals surface area contributed by atoms with Crippen LogP contribution in [-0.4, -0.2) is 102 Å². The van der Waals surface area contributed by atoms with E-state index in [0.717, 1.165) is 22.5 Å². The number of anilines is 2. The number of amides is 2. The van der Waals surface area contributed by atoms with E-state index in [9.17, 15) is 9.59 Å². The van der Waals surface area contributed by atoms with Gasteiger partial charge in [0.05, 0.1) is 53.5 Å². The second-order valence-electron chi connectivity index (χ2n) is 13.2. The molecule has 0 aromatic heterocycles. The number of hydrogen-bond donors (Lipinski definition) is 0. The Balaban J connectivity index is 1.11. The lowest BCUT2D eigenvalue weighted by atomic mass is 10.0. The lowest BCUT2D eigenvalue weighted by Crippen LogP contribution is -2.49. The summed E-state index contributed by atoms with van der Waals surface area (Å²) < 4.78 is 28.7. The average Bonchev–Trinajstić information content (AvgIpc) is 3.23. The summed E-state index contributed by atoms with van der Waals surface area (Å²) in [6.07, 6.45) is -0.732. The summed E-state index contributed by atoms with van der Waals surface area (Å²) in [7, 11) is 6.51. The molecule has 0 bridgehead atoms. The largest absolute Gasteiger partial charge is 0.493 e. The fourth-order valence-electron chi connectivity index (χ4n) is 7.07. The highest BCUT2D eigenvalue weighted by atomic mass is 16.5. The zero-order chi connectivity index (χ0) is 37.2. The third-order valence-corrected chi connectivity index (χ3v) is 10.1. The molecule has 2 heterocycles. The van der Waals surface area contributed by atoms with Crippen LogP contribution in [0, 0.1) is 0 Å². The van der Waals surface area contributed by atoms with Gasteiger partial charge in [-0.05, 0) is 35.4 Å². The fourth-order valence-corrected chi connectivity index (χ4v) is 7.07. The summed E-state index contributed by atoms with van der Waals surface area (Å²) in [5.74, 6) is 2.76. The van der Waals surface area contributed by atoms with Gasteiger partial charge in [-0.3, -0.25) is 9.59 Å². The van der Waals surface area contributed by atoms with Crippen molar-refractivity contribution < 1.29 is 33.3 Å². The third-order valence-electron chi connectivity index (χ3n) is 10.1. The van der Waals surface area contributed by atoms with Crippen molar-refractivity contribution in [3.05, 3.63) is 108 Å². The maximum absolute atomic E-state index is 13.9. The second kappa shape index (κ2) is 17.9. The molecule has 2 atom stereocenters. The first-order valence-electron chi connectivity index (χ1n) is 18.2. The first-order valence-corrected chi connectivity index (χ1v) is 18.2. The van der Waals surface area contributed by atoms with Crippen molar-refractivity contribution in [2.24, 2.45) is 0 Å². The molecule has 0 radical (unpaired) electrons. The fraction of sp³-hybridized carbons (Fsp3) is 0.381. The van der Waals surface area contributed by atoms with Crippen LogP contribution in [-0.2, 0) is 14.3 Å². The van der Waals surface area contributed by atoms with Crippen molar-refractivity contribution in [3.63, 3.8) is 0 Å². The number of carbonyl (C=O) groups excluding carboxylic acids is 2. The van der Waals surface area contributed by atoms with E-state index >= 15 is 0 Å². The van der Waals surface area contributed by atoms with Crippen LogP contribution in [0.5, 0.6) is 23.0 Å². The molecular weight excluding hydrogens is 672 g/mol. The minimum atomic E-state index is -0.535. The highest BCUT2D eigenvalue weighted by molar-refractivity contribution is 5.78. The lowest BCUT2D eigenvalue weighted by molar-refractivity contribution is -0.139. The molecule has 11 nitrogen and oxygen atoms in total. The molecule has 6 rings (SSSR count). The molecular formula is C42H50N4O7. The number of benzene rings is 4. The molecule has 53 heavy (non-hydrogen) atoms. The molecule has 2 aliphatic heterocycles. The van der Waals surface area contributed by atoms with Gasteiger partial charge in [0.15, 0.2) is 23.0 Å². The van der Waals surface area contributed by atoms with Crippen molar-refractivity contribution in [2.75, 3.05) is 90.6 Å². The van der Waals surface area contributed by atoms with Gasteiger partial charge in [0.1, 0.15) is 0 Å². The van der Waals surface area contributed by atoms with Crippen molar-refractivity contribution in [1.82, 2.24) is 9.80 Å². The van der Waals surface area contributed by atoms with Crippen LogP contribution in [0.4, 0.5) is 11.4 Å². The molecule has 4 aromatic rings. The van der Waals surface area contributed by atoms with E-state index in [-0.39, 0.29) is 24.7 Å². The number of piperazine rings is 2. The Labute approximate surface area is 312 Å². The molecule has 2 aliphatic rings. The number of hydrogen-bond acceptors (Lipinski definition) is 9. The Kier molecular flexibility index (Phi) is 12.6. The number of ether oxygens (including phenoxy) is 5. The van der Waals surface area contributed by atoms with E-state index in [2.05, 4.69) is 9.80 Å². The Morgan fingerprint density at radius 2 is 0.849 bits per heavy atom. The van der Waals surface area contributed by atoms with Crippen LogP contribution in [0.15, 0.2) is 97.1 Å². The van der Waals surface area contributed by atoms with Crippen LogP contribution >= 0.6 is 0 Å². The Hall–Kier alpha value is -5.42. The van der Waals surface area contributed by atoms with Crippen LogP contribution in [0.2, 0.25) is 0 Å². The van der Waals surface area contributed by atoms with Gasteiger partial charge in [0.2, 0.25) is 11.8 Å². The first kappa shape index (κ1) is 37.3. The van der Waals surface area contributed by atoms with Crippen LogP contribution < -0.4 is 28.7 Å². The lowest BCUT2D eigenvalue weighted by Gasteiger charge is -2.38. The summed E-state index contributed by atoms with van der Waals surface area (Å²) in [6.45, 7) is 5.12. The summed E-state index contributed by atoms with van der Waals surface area (Å²) >= 11 is 0. The summed E-state index contributed by atoms with van der Waals surface area (Å²) in [6, 6.07) is 31.5. The molecule has 280 valence electrons. The van der Waals surface area contributed by atoms with Crippen molar-refractivity contribution in [1.29, 1.82) is 0 Å². The van der Waals surface area contributed by atoms with Gasteiger partial charge >= 0.3 is 0 Å². The predicted octanol–water partition coefficient (Wildman–Crippen LogP) is 6.00. The number of rotatable bonds is 14. The molecule has 2 saturated heterocycles. The van der Waals surface area contributed by atoms with Crippen LogP contribution in [0.3, 0.4) is 0 Å². The van der Waals surface area contributed by atoms with E-state index in [0.29, 0.717) is 75.4 Å². The van der Waals surface area contributed by atoms with E-state index in [1.165, 1.54) is 0 Å². The zero-order valence-corrected chi connectivity index (χ0v) is 31.1. The van der Waals surface area contributed by atoms with Crippen molar-refractivity contribution in [2.45, 2.75) is 25.0 Å². The van der Waals surface area contributed by atoms with E-state index in [1.54, 1.807) is 28.4 Å². The predicted molar refractivity (Wildman–Crippen MR) is 205 cm³/mol. The van der Waals surface area contributed by atoms with Gasteiger partial charge in [-0.25, -0.2) is 0 Å². The van der Waals surface area contributed by atoms with Crippen LogP contribution in [0.25, 0.3) is 0 Å². The van der Waals surface area contributed by atoms with Gasteiger partial charge in [0.25, 0.3) is 0 Å². The van der Waals surface area contributed by atoms with E-state index in [4.69, 9.17) is 23.7 Å². The average molecular weight is 723 g/mol. The SMILES string of the molecule is COc1ccc(N2CCN(C(=O)C[C@@H](O[C@H](CC(=O)N3CCN(c4ccc(OC)c(OC)c4)CC3)c3ccccc3)c3ccccc3)CC2)cc1OC. The molecule has 0 aliphatic carbocycles. The van der Waals surface area contributed by atoms with Gasteiger partial charge in [0, 0.05) is 75.9 Å². The third kappa shape index (κ3) is 9.15. The van der Waals surface area contributed by atoms with Crippen molar-refractivity contribution >= 4 is 23.2 Å². The second-order valence-corrected chi connectivity index (χ2v) is 13.2. The van der Waals surface area contributed by atoms with Gasteiger partial charge in [-0.15, -0.1) is 0 Å². The minimum Gasteiger partial charge on any atom is -0.493 e. The van der Waals surface area contributed by atoms with Gasteiger partial charge < -0.3 is 43.3 Å². The van der Waals surface area contributed by atoms with Crippen molar-refractivity contribution in [3.8, 4) is 23.0 Å². The number of nitrogens with zero attached hydrogens (tertiary/aromatic N) is 4. The first-order chi connectivity index (χ1) is 25.9. The normalized spacial score (nSPS) is 15.8. The van der Waals surface area contributed by atoms with Gasteiger partial charge in [-0.2, -0.15) is 0 Å². The highest BCUT2D eigenvalue weighted by Crippen LogP contribution is 2.35. The molecule has 0 spiro atoms. The minimum absolute atomic E-state index is 0.0234. The van der Waals surface area contributed by atoms with Crippen LogP contribution in [0.1, 0.15) is 36.2 Å². The van der Waals surface area contributed by atoms with Gasteiger partial charge in [-0.1, -0.05) is 60.7 Å². The van der Waals surface area contributed by atoms with E-state index < -0.39 is 12.2 Å². The number of carbonyl (C=O) groups is 2. The summed E-state index contributed by atoms with van der Waals surface area (Å²) in [4.78, 5) is 36.2. The molecule has 0 N–H and O–H groups in total. The Morgan fingerprint density at radius 1 is 0.491 bits per heavy atom. The maximum Gasteiger partial charge on any atom is 0.225 e. The quantitative estimate of drug-likeness (QED) is 0.156. The standard InChI is InChI=1S/C42H50N4O7/c1-49-35-17-15-33(27-39(35)51-3)43-19-23-45(24-20-43)41(47)29-37(31-11-7-5-8-12-31)53-38(32-13-9-6-10-14-32)30-42(48)46-25-21-44(22-26-46)34-16-18-36(50-2)40(28-34)52-4/h5-18,27-28,37-38H,19-26,29-30H2,1-4H3/t37-,38-/m1/s1. The molecule has 4 aromatic carbocycles. The molecule has 0 saturated carbocycles. The Morgan fingerprint density at radius 3 is 1.19 bits per heavy atom. The molecule has 11 heteroatoms. The number of methoxy groups -OCH3 is 4. The summed E-state index contributed by atoms with van der Waals surface area (Å²) in [5.41, 5.74) is 3.86. The summed E-state index contributed by atoms with van der Waals surface area (Å²) in [5, 5.41) is 0. The topological polar surface area (TPSA) is 93.3 Å². The molecule has 0 unspecified atom stereocenters. The Bertz CT molecular complexity index is 1660. The maximum atomic E-state index is 13.9.